The lowest BCUT2D eigenvalue weighted by Gasteiger charge is -2.04. The quantitative estimate of drug-likeness (QED) is 0.133. The second-order valence-electron chi connectivity index (χ2n) is 6.37. The summed E-state index contributed by atoms with van der Waals surface area (Å²) in [6, 6.07) is 0. The van der Waals surface area contributed by atoms with Crippen molar-refractivity contribution in [3.63, 3.8) is 0 Å². The zero-order valence-corrected chi connectivity index (χ0v) is 16.0. The number of unbranched alkanes of at least 4 members (excludes halogenated alkanes) is 13. The highest BCUT2D eigenvalue weighted by Gasteiger charge is 2.01. The molecule has 0 bridgehead atoms. The molecular weight excluding hydrogens is 304 g/mol. The van der Waals surface area contributed by atoms with Crippen molar-refractivity contribution >= 4 is 18.6 Å². The lowest BCUT2D eigenvalue weighted by atomic mass is 10.0. The van der Waals surface area contributed by atoms with Gasteiger partial charge in [0, 0.05) is 12.2 Å². The van der Waals surface area contributed by atoms with Crippen LogP contribution in [0.3, 0.4) is 0 Å². The van der Waals surface area contributed by atoms with E-state index in [2.05, 4.69) is 19.2 Å². The molecule has 0 atom stereocenters. The van der Waals surface area contributed by atoms with Gasteiger partial charge in [-0.15, -0.1) is 6.58 Å². The second-order valence-corrected chi connectivity index (χ2v) is 6.81. The van der Waals surface area contributed by atoms with Crippen molar-refractivity contribution in [3.8, 4) is 0 Å². The van der Waals surface area contributed by atoms with E-state index in [0.29, 0.717) is 18.8 Å². The molecule has 0 aromatic rings. The zero-order valence-electron chi connectivity index (χ0n) is 15.1. The molecule has 0 radical (unpaired) electrons. The molecule has 0 amide bonds. The normalized spacial score (nSPS) is 10.7. The summed E-state index contributed by atoms with van der Waals surface area (Å²) in [6.45, 7) is 4.20. The van der Waals surface area contributed by atoms with Gasteiger partial charge >= 0.3 is 5.97 Å². The molecular formula is C20H38O2S. The van der Waals surface area contributed by atoms with Crippen LogP contribution in [-0.4, -0.2) is 18.3 Å². The van der Waals surface area contributed by atoms with E-state index in [-0.39, 0.29) is 5.97 Å². The minimum absolute atomic E-state index is 0.0662. The van der Waals surface area contributed by atoms with Gasteiger partial charge in [0.05, 0.1) is 0 Å². The Labute approximate surface area is 149 Å². The number of rotatable bonds is 18. The van der Waals surface area contributed by atoms with Crippen molar-refractivity contribution in [2.45, 2.75) is 96.3 Å². The minimum atomic E-state index is -0.0662. The van der Waals surface area contributed by atoms with E-state index >= 15 is 0 Å². The summed E-state index contributed by atoms with van der Waals surface area (Å²) in [5, 5.41) is 0. The highest BCUT2D eigenvalue weighted by molar-refractivity contribution is 7.80. The van der Waals surface area contributed by atoms with Crippen molar-refractivity contribution in [3.05, 3.63) is 12.7 Å². The maximum Gasteiger partial charge on any atom is 0.305 e. The summed E-state index contributed by atoms with van der Waals surface area (Å²) in [7, 11) is 0. The van der Waals surface area contributed by atoms with Crippen LogP contribution < -0.4 is 0 Å². The van der Waals surface area contributed by atoms with Gasteiger partial charge in [-0.2, -0.15) is 12.6 Å². The van der Waals surface area contributed by atoms with Crippen LogP contribution in [0.5, 0.6) is 0 Å². The van der Waals surface area contributed by atoms with E-state index in [4.69, 9.17) is 4.74 Å². The summed E-state index contributed by atoms with van der Waals surface area (Å²) < 4.78 is 4.99. The Kier molecular flexibility index (Phi) is 19.2. The number of thiol groups is 1. The largest absolute Gasteiger partial charge is 0.465 e. The van der Waals surface area contributed by atoms with Gasteiger partial charge in [-0.1, -0.05) is 76.7 Å². The van der Waals surface area contributed by atoms with Crippen LogP contribution in [0.25, 0.3) is 0 Å². The Hall–Kier alpha value is -0.440. The first kappa shape index (κ1) is 22.6. The van der Waals surface area contributed by atoms with Gasteiger partial charge < -0.3 is 4.74 Å². The van der Waals surface area contributed by atoms with Crippen LogP contribution >= 0.6 is 12.6 Å². The van der Waals surface area contributed by atoms with Gasteiger partial charge in [0.15, 0.2) is 0 Å². The van der Waals surface area contributed by atoms with Crippen LogP contribution in [0, 0.1) is 0 Å². The highest BCUT2D eigenvalue weighted by Crippen LogP contribution is 2.13. The molecule has 3 heteroatoms. The lowest BCUT2D eigenvalue weighted by molar-refractivity contribution is -0.143. The standard InChI is InChI=1S/C20H38O2S/c1-2-3-4-5-6-7-8-9-10-11-12-13-14-15-16-17-20(21)22-18-19-23/h2,23H,1,3-19H2. The third-order valence-corrected chi connectivity index (χ3v) is 4.33. The first-order valence-electron chi connectivity index (χ1n) is 9.68. The van der Waals surface area contributed by atoms with Gasteiger partial charge in [0.25, 0.3) is 0 Å². The molecule has 0 spiro atoms. The minimum Gasteiger partial charge on any atom is -0.465 e. The molecule has 2 nitrogen and oxygen atoms in total. The fraction of sp³-hybridized carbons (Fsp3) is 0.850. The van der Waals surface area contributed by atoms with Crippen LogP contribution in [0.15, 0.2) is 12.7 Å². The fourth-order valence-corrected chi connectivity index (χ4v) is 2.83. The van der Waals surface area contributed by atoms with Crippen molar-refractivity contribution in [2.24, 2.45) is 0 Å². The Balaban J connectivity index is 3.05. The van der Waals surface area contributed by atoms with Gasteiger partial charge in [0.2, 0.25) is 0 Å². The van der Waals surface area contributed by atoms with E-state index < -0.39 is 0 Å². The zero-order chi connectivity index (χ0) is 17.0. The van der Waals surface area contributed by atoms with Crippen molar-refractivity contribution in [1.82, 2.24) is 0 Å². The Bertz CT molecular complexity index is 266. The van der Waals surface area contributed by atoms with Gasteiger partial charge in [-0.25, -0.2) is 0 Å². The third-order valence-electron chi connectivity index (χ3n) is 4.14. The van der Waals surface area contributed by atoms with E-state index in [1.165, 1.54) is 77.0 Å². The monoisotopic (exact) mass is 342 g/mol. The predicted molar refractivity (Wildman–Crippen MR) is 104 cm³/mol. The van der Waals surface area contributed by atoms with Crippen LogP contribution in [0.1, 0.15) is 96.3 Å². The number of allylic oxidation sites excluding steroid dienone is 1. The maximum atomic E-state index is 11.3. The lowest BCUT2D eigenvalue weighted by Crippen LogP contribution is -2.06. The second kappa shape index (κ2) is 19.6. The summed E-state index contributed by atoms with van der Waals surface area (Å²) in [5.41, 5.74) is 0. The number of hydrogen-bond acceptors (Lipinski definition) is 3. The van der Waals surface area contributed by atoms with Crippen LogP contribution in [0.4, 0.5) is 0 Å². The molecule has 0 N–H and O–H groups in total. The average molecular weight is 343 g/mol. The Morgan fingerprint density at radius 2 is 1.22 bits per heavy atom. The molecule has 0 fully saturated rings. The SMILES string of the molecule is C=CCCCCCCCCCCCCCCCC(=O)OCCS. The smallest absolute Gasteiger partial charge is 0.305 e. The summed E-state index contributed by atoms with van der Waals surface area (Å²) in [6.07, 6.45) is 20.9. The molecule has 0 saturated carbocycles. The van der Waals surface area contributed by atoms with Crippen molar-refractivity contribution in [1.29, 1.82) is 0 Å². The van der Waals surface area contributed by atoms with E-state index in [1.807, 2.05) is 6.08 Å². The first-order chi connectivity index (χ1) is 11.3. The van der Waals surface area contributed by atoms with Crippen molar-refractivity contribution in [2.75, 3.05) is 12.4 Å². The number of ether oxygens (including phenoxy) is 1. The Morgan fingerprint density at radius 1 is 0.783 bits per heavy atom. The van der Waals surface area contributed by atoms with Crippen LogP contribution in [-0.2, 0) is 9.53 Å². The molecule has 0 aliphatic carbocycles. The molecule has 0 heterocycles. The average Bonchev–Trinajstić information content (AvgIpc) is 2.56. The first-order valence-corrected chi connectivity index (χ1v) is 10.3. The molecule has 0 rings (SSSR count). The predicted octanol–water partition coefficient (Wildman–Crippen LogP) is 6.50. The fourth-order valence-electron chi connectivity index (χ4n) is 2.73. The third kappa shape index (κ3) is 19.5. The maximum absolute atomic E-state index is 11.3. The molecule has 0 aromatic carbocycles. The van der Waals surface area contributed by atoms with Gasteiger partial charge in [0.1, 0.15) is 6.61 Å². The molecule has 136 valence electrons. The molecule has 0 aromatic heterocycles. The number of esters is 1. The number of carbonyl (C=O) groups is 1. The number of hydrogen-bond donors (Lipinski definition) is 1. The molecule has 0 unspecified atom stereocenters. The van der Waals surface area contributed by atoms with Crippen LogP contribution in [0.2, 0.25) is 0 Å². The molecule has 0 aliphatic rings. The van der Waals surface area contributed by atoms with E-state index in [9.17, 15) is 4.79 Å². The highest BCUT2D eigenvalue weighted by atomic mass is 32.1. The summed E-state index contributed by atoms with van der Waals surface area (Å²) in [4.78, 5) is 11.3. The summed E-state index contributed by atoms with van der Waals surface area (Å²) >= 11 is 4.02. The molecule has 0 saturated heterocycles. The molecule has 0 aliphatic heterocycles. The summed E-state index contributed by atoms with van der Waals surface area (Å²) in [5.74, 6) is 0.546. The van der Waals surface area contributed by atoms with Gasteiger partial charge in [-0.05, 0) is 19.3 Å². The Morgan fingerprint density at radius 3 is 1.65 bits per heavy atom. The van der Waals surface area contributed by atoms with E-state index in [1.54, 1.807) is 0 Å². The van der Waals surface area contributed by atoms with Gasteiger partial charge in [-0.3, -0.25) is 4.79 Å². The van der Waals surface area contributed by atoms with Crippen molar-refractivity contribution < 1.29 is 9.53 Å². The number of carbonyl (C=O) groups excluding carboxylic acids is 1. The van der Waals surface area contributed by atoms with E-state index in [0.717, 1.165) is 12.8 Å². The molecule has 23 heavy (non-hydrogen) atoms. The topological polar surface area (TPSA) is 26.3 Å².